The van der Waals surface area contributed by atoms with Crippen LogP contribution in [0.5, 0.6) is 0 Å². The lowest BCUT2D eigenvalue weighted by Crippen LogP contribution is -2.44. The normalized spacial score (nSPS) is 19.6. The zero-order valence-corrected chi connectivity index (χ0v) is 13.5. The van der Waals surface area contributed by atoms with E-state index in [-0.39, 0.29) is 17.7 Å². The van der Waals surface area contributed by atoms with Gasteiger partial charge in [0.05, 0.1) is 5.92 Å². The molecule has 2 rings (SSSR count). The SMILES string of the molecule is CC(C)[C@@H](CNC(=O)[C@H]1CCC(=O)NC1)Cc1ccccc1. The second-order valence-electron chi connectivity index (χ2n) is 6.48. The predicted molar refractivity (Wildman–Crippen MR) is 87.2 cm³/mol. The number of rotatable bonds is 6. The quantitative estimate of drug-likeness (QED) is 0.846. The van der Waals surface area contributed by atoms with Gasteiger partial charge in [-0.1, -0.05) is 44.2 Å². The number of amides is 2. The number of hydrogen-bond acceptors (Lipinski definition) is 2. The van der Waals surface area contributed by atoms with Gasteiger partial charge in [-0.2, -0.15) is 0 Å². The zero-order valence-electron chi connectivity index (χ0n) is 13.5. The van der Waals surface area contributed by atoms with Crippen LogP contribution in [0.15, 0.2) is 30.3 Å². The molecule has 0 aliphatic carbocycles. The first kappa shape index (κ1) is 16.5. The summed E-state index contributed by atoms with van der Waals surface area (Å²) in [5.74, 6) is 0.963. The van der Waals surface area contributed by atoms with E-state index < -0.39 is 0 Å². The van der Waals surface area contributed by atoms with Crippen LogP contribution in [0, 0.1) is 17.8 Å². The van der Waals surface area contributed by atoms with Gasteiger partial charge >= 0.3 is 0 Å². The molecule has 1 aromatic rings. The molecule has 1 saturated heterocycles. The molecule has 22 heavy (non-hydrogen) atoms. The van der Waals surface area contributed by atoms with Gasteiger partial charge in [0.15, 0.2) is 0 Å². The Morgan fingerprint density at radius 3 is 2.64 bits per heavy atom. The number of piperidine rings is 1. The highest BCUT2D eigenvalue weighted by Gasteiger charge is 2.25. The third-order valence-electron chi connectivity index (χ3n) is 4.46. The van der Waals surface area contributed by atoms with Crippen molar-refractivity contribution >= 4 is 11.8 Å². The highest BCUT2D eigenvalue weighted by Crippen LogP contribution is 2.17. The number of hydrogen-bond donors (Lipinski definition) is 2. The van der Waals surface area contributed by atoms with Crippen molar-refractivity contribution in [1.82, 2.24) is 10.6 Å². The second kappa shape index (κ2) is 7.97. The number of carbonyl (C=O) groups excluding carboxylic acids is 2. The Morgan fingerprint density at radius 2 is 2.05 bits per heavy atom. The molecule has 0 saturated carbocycles. The standard InChI is InChI=1S/C18H26N2O2/c1-13(2)16(10-14-6-4-3-5-7-14)12-20-18(22)15-8-9-17(21)19-11-15/h3-7,13,15-16H,8-12H2,1-2H3,(H,19,21)(H,20,22)/t15-,16+/m0/s1. The molecular formula is C18H26N2O2. The van der Waals surface area contributed by atoms with Crippen LogP contribution in [0.2, 0.25) is 0 Å². The van der Waals surface area contributed by atoms with E-state index in [9.17, 15) is 9.59 Å². The molecule has 0 aromatic heterocycles. The Kier molecular flexibility index (Phi) is 5.99. The molecule has 1 aliphatic rings. The number of carbonyl (C=O) groups is 2. The van der Waals surface area contributed by atoms with Gasteiger partial charge in [0.1, 0.15) is 0 Å². The van der Waals surface area contributed by atoms with Crippen LogP contribution in [0.3, 0.4) is 0 Å². The van der Waals surface area contributed by atoms with Crippen molar-refractivity contribution in [2.24, 2.45) is 17.8 Å². The maximum absolute atomic E-state index is 12.2. The maximum atomic E-state index is 12.2. The molecule has 2 atom stereocenters. The van der Waals surface area contributed by atoms with E-state index in [1.165, 1.54) is 5.56 Å². The Labute approximate surface area is 132 Å². The van der Waals surface area contributed by atoms with E-state index in [0.29, 0.717) is 37.8 Å². The van der Waals surface area contributed by atoms with Crippen LogP contribution in [0.4, 0.5) is 0 Å². The van der Waals surface area contributed by atoms with Gasteiger partial charge in [-0.05, 0) is 30.2 Å². The number of benzene rings is 1. The fourth-order valence-corrected chi connectivity index (χ4v) is 2.79. The average molecular weight is 302 g/mol. The molecule has 1 heterocycles. The van der Waals surface area contributed by atoms with Crippen LogP contribution >= 0.6 is 0 Å². The minimum atomic E-state index is -0.0813. The summed E-state index contributed by atoms with van der Waals surface area (Å²) >= 11 is 0. The Morgan fingerprint density at radius 1 is 1.32 bits per heavy atom. The first-order valence-electron chi connectivity index (χ1n) is 8.14. The zero-order chi connectivity index (χ0) is 15.9. The Hall–Kier alpha value is -1.84. The van der Waals surface area contributed by atoms with Crippen LogP contribution in [-0.4, -0.2) is 24.9 Å². The summed E-state index contributed by atoms with van der Waals surface area (Å²) in [6.07, 6.45) is 2.08. The first-order chi connectivity index (χ1) is 10.6. The average Bonchev–Trinajstić information content (AvgIpc) is 2.52. The van der Waals surface area contributed by atoms with Gasteiger partial charge in [0.2, 0.25) is 11.8 Å². The van der Waals surface area contributed by atoms with Gasteiger partial charge in [-0.15, -0.1) is 0 Å². The Balaban J connectivity index is 1.83. The molecule has 0 unspecified atom stereocenters. The van der Waals surface area contributed by atoms with Crippen molar-refractivity contribution in [1.29, 1.82) is 0 Å². The molecule has 2 amide bonds. The Bertz CT molecular complexity index is 489. The fourth-order valence-electron chi connectivity index (χ4n) is 2.79. The second-order valence-corrected chi connectivity index (χ2v) is 6.48. The van der Waals surface area contributed by atoms with Gasteiger partial charge in [0, 0.05) is 19.5 Å². The van der Waals surface area contributed by atoms with E-state index in [4.69, 9.17) is 0 Å². The van der Waals surface area contributed by atoms with Crippen molar-refractivity contribution in [3.63, 3.8) is 0 Å². The maximum Gasteiger partial charge on any atom is 0.224 e. The van der Waals surface area contributed by atoms with E-state index in [0.717, 1.165) is 6.42 Å². The summed E-state index contributed by atoms with van der Waals surface area (Å²) < 4.78 is 0. The van der Waals surface area contributed by atoms with E-state index in [1.54, 1.807) is 0 Å². The minimum Gasteiger partial charge on any atom is -0.356 e. The molecular weight excluding hydrogens is 276 g/mol. The lowest BCUT2D eigenvalue weighted by Gasteiger charge is -2.25. The highest BCUT2D eigenvalue weighted by molar-refractivity contribution is 5.83. The monoisotopic (exact) mass is 302 g/mol. The van der Waals surface area contributed by atoms with Crippen molar-refractivity contribution in [2.75, 3.05) is 13.1 Å². The van der Waals surface area contributed by atoms with Crippen molar-refractivity contribution in [3.05, 3.63) is 35.9 Å². The minimum absolute atomic E-state index is 0.0492. The largest absolute Gasteiger partial charge is 0.356 e. The van der Waals surface area contributed by atoms with E-state index >= 15 is 0 Å². The first-order valence-corrected chi connectivity index (χ1v) is 8.14. The van der Waals surface area contributed by atoms with E-state index in [2.05, 4.69) is 48.7 Å². The van der Waals surface area contributed by atoms with Crippen LogP contribution in [-0.2, 0) is 16.0 Å². The lowest BCUT2D eigenvalue weighted by atomic mass is 9.89. The van der Waals surface area contributed by atoms with Crippen molar-refractivity contribution in [2.45, 2.75) is 33.1 Å². The van der Waals surface area contributed by atoms with Crippen LogP contribution < -0.4 is 10.6 Å². The van der Waals surface area contributed by atoms with Gasteiger partial charge in [-0.3, -0.25) is 9.59 Å². The highest BCUT2D eigenvalue weighted by atomic mass is 16.2. The summed E-state index contributed by atoms with van der Waals surface area (Å²) in [4.78, 5) is 23.4. The van der Waals surface area contributed by atoms with E-state index in [1.807, 2.05) is 6.07 Å². The third-order valence-corrected chi connectivity index (χ3v) is 4.46. The molecule has 4 heteroatoms. The molecule has 1 aliphatic heterocycles. The molecule has 0 spiro atoms. The summed E-state index contributed by atoms with van der Waals surface area (Å²) in [6.45, 7) is 5.55. The van der Waals surface area contributed by atoms with Crippen molar-refractivity contribution in [3.8, 4) is 0 Å². The summed E-state index contributed by atoms with van der Waals surface area (Å²) in [7, 11) is 0. The van der Waals surface area contributed by atoms with Crippen LogP contribution in [0.1, 0.15) is 32.3 Å². The molecule has 0 bridgehead atoms. The fraction of sp³-hybridized carbons (Fsp3) is 0.556. The lowest BCUT2D eigenvalue weighted by molar-refractivity contribution is -0.129. The molecule has 1 aromatic carbocycles. The molecule has 120 valence electrons. The smallest absolute Gasteiger partial charge is 0.224 e. The van der Waals surface area contributed by atoms with Gasteiger partial charge in [0.25, 0.3) is 0 Å². The summed E-state index contributed by atoms with van der Waals surface area (Å²) in [6, 6.07) is 10.4. The van der Waals surface area contributed by atoms with Crippen LogP contribution in [0.25, 0.3) is 0 Å². The third kappa shape index (κ3) is 4.86. The van der Waals surface area contributed by atoms with Crippen molar-refractivity contribution < 1.29 is 9.59 Å². The van der Waals surface area contributed by atoms with Gasteiger partial charge in [-0.25, -0.2) is 0 Å². The van der Waals surface area contributed by atoms with Gasteiger partial charge < -0.3 is 10.6 Å². The molecule has 2 N–H and O–H groups in total. The molecule has 1 fully saturated rings. The topological polar surface area (TPSA) is 58.2 Å². The summed E-state index contributed by atoms with van der Waals surface area (Å²) in [5, 5.41) is 5.84. The predicted octanol–water partition coefficient (Wildman–Crippen LogP) is 2.14. The molecule has 0 radical (unpaired) electrons. The summed E-state index contributed by atoms with van der Waals surface area (Å²) in [5.41, 5.74) is 1.31. The number of nitrogens with one attached hydrogen (secondary N) is 2. The molecule has 4 nitrogen and oxygen atoms in total.